The molecular weight excluding hydrogens is 727 g/mol. The highest BCUT2D eigenvalue weighted by Crippen LogP contribution is 2.59. The van der Waals surface area contributed by atoms with E-state index in [1.54, 1.807) is 0 Å². The molecule has 0 amide bonds. The molecule has 60 heavy (non-hydrogen) atoms. The summed E-state index contributed by atoms with van der Waals surface area (Å²) in [7, 11) is 0. The van der Waals surface area contributed by atoms with Gasteiger partial charge < -0.3 is 9.32 Å². The molecule has 13 rings (SSSR count). The molecule has 1 spiro atoms. The van der Waals surface area contributed by atoms with Crippen LogP contribution in [0.1, 0.15) is 53.6 Å². The van der Waals surface area contributed by atoms with Gasteiger partial charge in [-0.15, -0.1) is 0 Å². The quantitative estimate of drug-likeness (QED) is 0.177. The van der Waals surface area contributed by atoms with Crippen molar-refractivity contribution < 1.29 is 4.42 Å². The zero-order valence-corrected chi connectivity index (χ0v) is 33.7. The average Bonchev–Trinajstić information content (AvgIpc) is 4.02. The summed E-state index contributed by atoms with van der Waals surface area (Å²) in [5.74, 6) is 0. The van der Waals surface area contributed by atoms with Crippen molar-refractivity contribution in [2.45, 2.75) is 37.5 Å². The molecule has 0 bridgehead atoms. The summed E-state index contributed by atoms with van der Waals surface area (Å²) in [6.45, 7) is 4.76. The highest BCUT2D eigenvalue weighted by molar-refractivity contribution is 6.15. The van der Waals surface area contributed by atoms with Crippen molar-refractivity contribution in [1.29, 1.82) is 0 Å². The van der Waals surface area contributed by atoms with E-state index in [-0.39, 0.29) is 10.8 Å². The van der Waals surface area contributed by atoms with Gasteiger partial charge in [0.2, 0.25) is 0 Å². The molecule has 0 saturated carbocycles. The number of furan rings is 1. The van der Waals surface area contributed by atoms with E-state index in [1.165, 1.54) is 72.1 Å². The van der Waals surface area contributed by atoms with Crippen molar-refractivity contribution in [3.8, 4) is 33.4 Å². The lowest BCUT2D eigenvalue weighted by Crippen LogP contribution is -2.24. The average molecular weight is 768 g/mol. The minimum Gasteiger partial charge on any atom is -0.455 e. The summed E-state index contributed by atoms with van der Waals surface area (Å²) in [5, 5.41) is 4.57. The van der Waals surface area contributed by atoms with Crippen LogP contribution in [0.5, 0.6) is 0 Å². The zero-order valence-electron chi connectivity index (χ0n) is 33.7. The van der Waals surface area contributed by atoms with Crippen LogP contribution in [-0.4, -0.2) is 0 Å². The first-order valence-corrected chi connectivity index (χ1v) is 21.3. The van der Waals surface area contributed by atoms with E-state index in [1.807, 2.05) is 0 Å². The molecular formula is C58H41NO. The normalized spacial score (nSPS) is 16.6. The summed E-state index contributed by atoms with van der Waals surface area (Å²) in [5.41, 5.74) is 21.2. The second kappa shape index (κ2) is 12.2. The minimum absolute atomic E-state index is 0.128. The number of rotatable bonds is 4. The van der Waals surface area contributed by atoms with Crippen LogP contribution >= 0.6 is 0 Å². The van der Waals surface area contributed by atoms with Gasteiger partial charge in [0, 0.05) is 44.1 Å². The third kappa shape index (κ3) is 4.48. The molecule has 1 aromatic heterocycles. The standard InChI is InChI=1S/C58H41NO/c1-57(2)51-23-9-6-19-45(51)47-21-12-20-42(55(47)57)38-15-11-16-39(33-38)59(40-27-30-54-49(34-40)48-28-25-36-13-3-5-17-43(36)56(48)60-54)41-26-29-46-44-18-7-10-24-52(44)58(53(46)35-41)32-31-37-14-4-8-22-50(37)58/h3-30,33-35H,31-32H2,1-2H3. The maximum atomic E-state index is 6.65. The van der Waals surface area contributed by atoms with Gasteiger partial charge >= 0.3 is 0 Å². The second-order valence-corrected chi connectivity index (χ2v) is 17.6. The molecule has 0 fully saturated rings. The topological polar surface area (TPSA) is 16.4 Å². The Labute approximate surface area is 350 Å². The fourth-order valence-corrected chi connectivity index (χ4v) is 11.6. The maximum Gasteiger partial charge on any atom is 0.143 e. The predicted molar refractivity (Wildman–Crippen MR) is 249 cm³/mol. The number of hydrogen-bond donors (Lipinski definition) is 0. The van der Waals surface area contributed by atoms with Gasteiger partial charge in [-0.25, -0.2) is 0 Å². The third-order valence-corrected chi connectivity index (χ3v) is 14.2. The molecule has 0 radical (unpaired) electrons. The summed E-state index contributed by atoms with van der Waals surface area (Å²) in [6.07, 6.45) is 2.13. The van der Waals surface area contributed by atoms with E-state index in [2.05, 4.69) is 207 Å². The molecule has 9 aromatic carbocycles. The Morgan fingerprint density at radius 2 is 1.12 bits per heavy atom. The second-order valence-electron chi connectivity index (χ2n) is 17.6. The zero-order chi connectivity index (χ0) is 39.7. The van der Waals surface area contributed by atoms with Crippen LogP contribution in [0.2, 0.25) is 0 Å². The molecule has 0 saturated heterocycles. The SMILES string of the molecule is CC1(C)c2ccccc2-c2cccc(-c3cccc(N(c4ccc5c(c4)C4(CCc6ccccc64)c4ccccc4-5)c4ccc5oc6c7ccccc7ccc6c5c4)c3)c21. The van der Waals surface area contributed by atoms with E-state index in [0.717, 1.165) is 57.2 Å². The fourth-order valence-electron chi connectivity index (χ4n) is 11.6. The highest BCUT2D eigenvalue weighted by Gasteiger charge is 2.48. The highest BCUT2D eigenvalue weighted by atomic mass is 16.3. The Bertz CT molecular complexity index is 3440. The third-order valence-electron chi connectivity index (χ3n) is 14.2. The van der Waals surface area contributed by atoms with Gasteiger partial charge in [0.25, 0.3) is 0 Å². The molecule has 10 aromatic rings. The van der Waals surface area contributed by atoms with Gasteiger partial charge in [-0.3, -0.25) is 0 Å². The van der Waals surface area contributed by atoms with Crippen molar-refractivity contribution in [2.24, 2.45) is 0 Å². The minimum atomic E-state index is -0.191. The van der Waals surface area contributed by atoms with Crippen LogP contribution in [0.25, 0.3) is 66.1 Å². The first-order chi connectivity index (χ1) is 29.5. The summed E-state index contributed by atoms with van der Waals surface area (Å²) in [4.78, 5) is 2.48. The lowest BCUT2D eigenvalue weighted by Gasteiger charge is -2.31. The van der Waals surface area contributed by atoms with Crippen LogP contribution in [0.4, 0.5) is 17.1 Å². The fraction of sp³-hybridized carbons (Fsp3) is 0.103. The molecule has 2 nitrogen and oxygen atoms in total. The van der Waals surface area contributed by atoms with Crippen molar-refractivity contribution in [3.63, 3.8) is 0 Å². The van der Waals surface area contributed by atoms with Crippen LogP contribution in [0.3, 0.4) is 0 Å². The number of aryl methyl sites for hydroxylation is 1. The van der Waals surface area contributed by atoms with Gasteiger partial charge in [0.1, 0.15) is 11.2 Å². The molecule has 3 aliphatic carbocycles. The summed E-state index contributed by atoms with van der Waals surface area (Å²) in [6, 6.07) is 70.2. The Morgan fingerprint density at radius 3 is 2.02 bits per heavy atom. The molecule has 2 heteroatoms. The van der Waals surface area contributed by atoms with Crippen molar-refractivity contribution >= 4 is 49.8 Å². The molecule has 3 aliphatic rings. The van der Waals surface area contributed by atoms with Gasteiger partial charge in [0.15, 0.2) is 0 Å². The smallest absolute Gasteiger partial charge is 0.143 e. The van der Waals surface area contributed by atoms with E-state index in [9.17, 15) is 0 Å². The molecule has 0 N–H and O–H groups in total. The first kappa shape index (κ1) is 33.8. The van der Waals surface area contributed by atoms with Gasteiger partial charge in [0.05, 0.1) is 0 Å². The van der Waals surface area contributed by atoms with E-state index < -0.39 is 0 Å². The number of fused-ring (bicyclic) bond motifs is 15. The Kier molecular flexibility index (Phi) is 6.86. The molecule has 1 atom stereocenters. The maximum absolute atomic E-state index is 6.65. The van der Waals surface area contributed by atoms with E-state index in [4.69, 9.17) is 4.42 Å². The monoisotopic (exact) mass is 767 g/mol. The molecule has 1 unspecified atom stereocenters. The predicted octanol–water partition coefficient (Wildman–Crippen LogP) is 15.4. The number of benzene rings is 9. The Balaban J connectivity index is 1.04. The number of hydrogen-bond acceptors (Lipinski definition) is 2. The molecule has 0 aliphatic heterocycles. The molecule has 1 heterocycles. The number of anilines is 3. The van der Waals surface area contributed by atoms with E-state index in [0.29, 0.717) is 0 Å². The van der Waals surface area contributed by atoms with Crippen molar-refractivity contribution in [3.05, 3.63) is 221 Å². The lowest BCUT2D eigenvalue weighted by atomic mass is 9.73. The van der Waals surface area contributed by atoms with Crippen LogP contribution in [0, 0.1) is 0 Å². The summed E-state index contributed by atoms with van der Waals surface area (Å²) >= 11 is 0. The largest absolute Gasteiger partial charge is 0.455 e. The lowest BCUT2D eigenvalue weighted by molar-refractivity contribution is 0.626. The Hall–Kier alpha value is -7.16. The van der Waals surface area contributed by atoms with Gasteiger partial charge in [-0.05, 0) is 134 Å². The molecule has 284 valence electrons. The van der Waals surface area contributed by atoms with Crippen LogP contribution < -0.4 is 4.90 Å². The first-order valence-electron chi connectivity index (χ1n) is 21.3. The van der Waals surface area contributed by atoms with Gasteiger partial charge in [-0.2, -0.15) is 0 Å². The van der Waals surface area contributed by atoms with Crippen molar-refractivity contribution in [1.82, 2.24) is 0 Å². The van der Waals surface area contributed by atoms with Crippen molar-refractivity contribution in [2.75, 3.05) is 4.90 Å². The Morgan fingerprint density at radius 1 is 0.450 bits per heavy atom. The van der Waals surface area contributed by atoms with Crippen LogP contribution in [0.15, 0.2) is 192 Å². The summed E-state index contributed by atoms with van der Waals surface area (Å²) < 4.78 is 6.65. The van der Waals surface area contributed by atoms with E-state index >= 15 is 0 Å². The number of nitrogens with zero attached hydrogens (tertiary/aromatic N) is 1. The van der Waals surface area contributed by atoms with Crippen LogP contribution in [-0.2, 0) is 17.3 Å². The van der Waals surface area contributed by atoms with Gasteiger partial charge in [-0.1, -0.05) is 153 Å².